The molecule has 0 heterocycles. The van der Waals surface area contributed by atoms with Crippen molar-refractivity contribution in [3.05, 3.63) is 59.7 Å². The van der Waals surface area contributed by atoms with E-state index in [-0.39, 0.29) is 10.8 Å². The van der Waals surface area contributed by atoms with Gasteiger partial charge in [-0.15, -0.1) is 11.6 Å². The zero-order valence-corrected chi connectivity index (χ0v) is 14.0. The van der Waals surface area contributed by atoms with Crippen molar-refractivity contribution >= 4 is 21.6 Å². The summed E-state index contributed by atoms with van der Waals surface area (Å²) in [4.78, 5) is 0.224. The van der Waals surface area contributed by atoms with Crippen molar-refractivity contribution in [2.75, 3.05) is 13.0 Å². The quantitative estimate of drug-likeness (QED) is 0.822. The summed E-state index contributed by atoms with van der Waals surface area (Å²) in [7, 11) is -2.04. The highest BCUT2D eigenvalue weighted by atomic mass is 35.5. The minimum atomic E-state index is -3.62. The number of ether oxygens (including phenoxy) is 1. The lowest BCUT2D eigenvalue weighted by molar-refractivity contribution is 0.414. The predicted octanol–water partition coefficient (Wildman–Crippen LogP) is 3.26. The summed E-state index contributed by atoms with van der Waals surface area (Å²) in [5, 5.41) is 0. The third-order valence-electron chi connectivity index (χ3n) is 3.30. The van der Waals surface area contributed by atoms with Crippen LogP contribution < -0.4 is 9.46 Å². The lowest BCUT2D eigenvalue weighted by Crippen LogP contribution is -2.29. The monoisotopic (exact) mass is 339 g/mol. The van der Waals surface area contributed by atoms with Gasteiger partial charge in [-0.2, -0.15) is 0 Å². The van der Waals surface area contributed by atoms with Gasteiger partial charge in [0.2, 0.25) is 10.0 Å². The van der Waals surface area contributed by atoms with E-state index in [1.54, 1.807) is 55.6 Å². The highest BCUT2D eigenvalue weighted by Crippen LogP contribution is 2.21. The van der Waals surface area contributed by atoms with Crippen LogP contribution in [0.15, 0.2) is 53.4 Å². The first kappa shape index (κ1) is 16.8. The van der Waals surface area contributed by atoms with Gasteiger partial charge in [0.05, 0.1) is 18.0 Å². The first-order valence-electron chi connectivity index (χ1n) is 6.75. The normalized spacial score (nSPS) is 12.9. The molecule has 0 saturated carbocycles. The van der Waals surface area contributed by atoms with Gasteiger partial charge in [0.25, 0.3) is 0 Å². The molecule has 0 amide bonds. The first-order chi connectivity index (χ1) is 10.5. The van der Waals surface area contributed by atoms with Gasteiger partial charge in [-0.05, 0) is 36.8 Å². The second-order valence-corrected chi connectivity index (χ2v) is 6.94. The van der Waals surface area contributed by atoms with Crippen molar-refractivity contribution in [2.45, 2.75) is 17.9 Å². The van der Waals surface area contributed by atoms with E-state index in [2.05, 4.69) is 4.72 Å². The molecule has 0 spiro atoms. The molecule has 0 aliphatic carbocycles. The molecule has 1 N–H and O–H groups in total. The van der Waals surface area contributed by atoms with E-state index < -0.39 is 16.1 Å². The molecular formula is C16H18ClNO3S. The minimum absolute atomic E-state index is 0.136. The molecule has 22 heavy (non-hydrogen) atoms. The number of sulfonamides is 1. The van der Waals surface area contributed by atoms with Gasteiger partial charge in [0.1, 0.15) is 5.75 Å². The van der Waals surface area contributed by atoms with Crippen LogP contribution in [0.25, 0.3) is 0 Å². The van der Waals surface area contributed by atoms with Crippen molar-refractivity contribution < 1.29 is 13.2 Å². The number of alkyl halides is 1. The summed E-state index contributed by atoms with van der Waals surface area (Å²) in [5.41, 5.74) is 1.79. The predicted molar refractivity (Wildman–Crippen MR) is 88.0 cm³/mol. The third-order valence-corrected chi connectivity index (χ3v) is 5.10. The van der Waals surface area contributed by atoms with Crippen molar-refractivity contribution in [1.29, 1.82) is 0 Å². The Balaban J connectivity index is 2.22. The summed E-state index contributed by atoms with van der Waals surface area (Å²) in [6, 6.07) is 13.3. The molecule has 6 heteroatoms. The Labute approximate surface area is 136 Å². The number of aryl methyl sites for hydroxylation is 1. The maximum Gasteiger partial charge on any atom is 0.241 e. The molecular weight excluding hydrogens is 322 g/mol. The Morgan fingerprint density at radius 2 is 1.68 bits per heavy atom. The number of methoxy groups -OCH3 is 1. The molecule has 0 aromatic heterocycles. The van der Waals surface area contributed by atoms with Crippen LogP contribution in [0.1, 0.15) is 17.2 Å². The SMILES string of the molecule is COc1ccc(C(CCl)NS(=O)(=O)c2ccc(C)cc2)cc1. The zero-order valence-electron chi connectivity index (χ0n) is 12.4. The zero-order chi connectivity index (χ0) is 16.2. The second-order valence-electron chi connectivity index (χ2n) is 4.91. The van der Waals surface area contributed by atoms with Gasteiger partial charge in [-0.1, -0.05) is 29.8 Å². The molecule has 0 saturated heterocycles. The average Bonchev–Trinajstić information content (AvgIpc) is 2.53. The fourth-order valence-corrected chi connectivity index (χ4v) is 3.57. The van der Waals surface area contributed by atoms with E-state index >= 15 is 0 Å². The van der Waals surface area contributed by atoms with E-state index in [1.165, 1.54) is 0 Å². The Morgan fingerprint density at radius 1 is 1.09 bits per heavy atom. The maximum absolute atomic E-state index is 12.4. The van der Waals surface area contributed by atoms with Crippen molar-refractivity contribution in [3.63, 3.8) is 0 Å². The van der Waals surface area contributed by atoms with Crippen LogP contribution in [-0.4, -0.2) is 21.4 Å². The average molecular weight is 340 g/mol. The molecule has 2 rings (SSSR count). The Bertz CT molecular complexity index is 712. The van der Waals surface area contributed by atoms with Gasteiger partial charge in [0, 0.05) is 5.88 Å². The minimum Gasteiger partial charge on any atom is -0.497 e. The highest BCUT2D eigenvalue weighted by molar-refractivity contribution is 7.89. The van der Waals surface area contributed by atoms with Crippen LogP contribution in [-0.2, 0) is 10.0 Å². The van der Waals surface area contributed by atoms with Gasteiger partial charge >= 0.3 is 0 Å². The second kappa shape index (κ2) is 7.13. The van der Waals surface area contributed by atoms with Crippen LogP contribution in [0.2, 0.25) is 0 Å². The van der Waals surface area contributed by atoms with Gasteiger partial charge in [-0.25, -0.2) is 13.1 Å². The summed E-state index contributed by atoms with van der Waals surface area (Å²) >= 11 is 5.94. The summed E-state index contributed by atoms with van der Waals surface area (Å²) in [5.74, 6) is 0.843. The molecule has 2 aromatic carbocycles. The van der Waals surface area contributed by atoms with E-state index in [1.807, 2.05) is 6.92 Å². The number of benzene rings is 2. The largest absolute Gasteiger partial charge is 0.497 e. The van der Waals surface area contributed by atoms with Gasteiger partial charge < -0.3 is 4.74 Å². The topological polar surface area (TPSA) is 55.4 Å². The fraction of sp³-hybridized carbons (Fsp3) is 0.250. The lowest BCUT2D eigenvalue weighted by atomic mass is 10.1. The number of halogens is 1. The molecule has 1 atom stereocenters. The van der Waals surface area contributed by atoms with E-state index in [9.17, 15) is 8.42 Å². The molecule has 0 bridgehead atoms. The number of hydrogen-bond donors (Lipinski definition) is 1. The van der Waals surface area contributed by atoms with Crippen LogP contribution >= 0.6 is 11.6 Å². The standard InChI is InChI=1S/C16H18ClNO3S/c1-12-3-9-15(10-4-12)22(19,20)18-16(11-17)13-5-7-14(21-2)8-6-13/h3-10,16,18H,11H2,1-2H3. The Hall–Kier alpha value is -1.56. The number of hydrogen-bond acceptors (Lipinski definition) is 3. The van der Waals surface area contributed by atoms with E-state index in [0.717, 1.165) is 11.1 Å². The number of rotatable bonds is 6. The molecule has 118 valence electrons. The molecule has 0 aliphatic heterocycles. The summed E-state index contributed by atoms with van der Waals surface area (Å²) in [6.07, 6.45) is 0. The molecule has 0 aliphatic rings. The molecule has 0 fully saturated rings. The van der Waals surface area contributed by atoms with Gasteiger partial charge in [-0.3, -0.25) is 0 Å². The first-order valence-corrected chi connectivity index (χ1v) is 8.77. The van der Waals surface area contributed by atoms with Crippen LogP contribution in [0.3, 0.4) is 0 Å². The summed E-state index contributed by atoms with van der Waals surface area (Å²) < 4.78 is 32.6. The molecule has 2 aromatic rings. The van der Waals surface area contributed by atoms with Crippen LogP contribution in [0.4, 0.5) is 0 Å². The maximum atomic E-state index is 12.4. The third kappa shape index (κ3) is 4.00. The van der Waals surface area contributed by atoms with E-state index in [0.29, 0.717) is 5.75 Å². The Kier molecular flexibility index (Phi) is 5.45. The molecule has 4 nitrogen and oxygen atoms in total. The highest BCUT2D eigenvalue weighted by Gasteiger charge is 2.20. The number of nitrogens with one attached hydrogen (secondary N) is 1. The van der Waals surface area contributed by atoms with Crippen molar-refractivity contribution in [2.24, 2.45) is 0 Å². The van der Waals surface area contributed by atoms with Crippen molar-refractivity contribution in [1.82, 2.24) is 4.72 Å². The fourth-order valence-electron chi connectivity index (χ4n) is 2.00. The van der Waals surface area contributed by atoms with Crippen molar-refractivity contribution in [3.8, 4) is 5.75 Å². The smallest absolute Gasteiger partial charge is 0.241 e. The Morgan fingerprint density at radius 3 is 2.18 bits per heavy atom. The molecule has 0 radical (unpaired) electrons. The van der Waals surface area contributed by atoms with Crippen LogP contribution in [0.5, 0.6) is 5.75 Å². The van der Waals surface area contributed by atoms with Crippen LogP contribution in [0, 0.1) is 6.92 Å². The van der Waals surface area contributed by atoms with Gasteiger partial charge in [0.15, 0.2) is 0 Å². The molecule has 1 unspecified atom stereocenters. The lowest BCUT2D eigenvalue weighted by Gasteiger charge is -2.17. The summed E-state index contributed by atoms with van der Waals surface area (Å²) in [6.45, 7) is 1.91. The van der Waals surface area contributed by atoms with E-state index in [4.69, 9.17) is 16.3 Å².